The van der Waals surface area contributed by atoms with Gasteiger partial charge in [-0.3, -0.25) is 4.79 Å². The van der Waals surface area contributed by atoms with Gasteiger partial charge in [-0.25, -0.2) is 4.68 Å². The third-order valence-corrected chi connectivity index (χ3v) is 5.82. The van der Waals surface area contributed by atoms with Gasteiger partial charge in [0.1, 0.15) is 5.75 Å². The van der Waals surface area contributed by atoms with Crippen LogP contribution in [0, 0.1) is 17.2 Å². The molecule has 160 valence electrons. The molecule has 0 aliphatic heterocycles. The maximum Gasteiger partial charge on any atom is 0.275 e. The summed E-state index contributed by atoms with van der Waals surface area (Å²) < 4.78 is 6.82. The topological polar surface area (TPSA) is 67.9 Å². The molecule has 0 radical (unpaired) electrons. The zero-order chi connectivity index (χ0) is 22.7. The highest BCUT2D eigenvalue weighted by Gasteiger charge is 2.22. The van der Waals surface area contributed by atoms with Crippen molar-refractivity contribution in [1.82, 2.24) is 9.78 Å². The zero-order valence-corrected chi connectivity index (χ0v) is 18.4. The molecule has 1 aromatic heterocycles. The Balaban J connectivity index is 1.93. The van der Waals surface area contributed by atoms with Crippen molar-refractivity contribution < 1.29 is 4.74 Å². The lowest BCUT2D eigenvalue weighted by Crippen LogP contribution is -2.29. The van der Waals surface area contributed by atoms with Crippen molar-refractivity contribution in [2.24, 2.45) is 5.92 Å². The maximum absolute atomic E-state index is 13.8. The smallest absolute Gasteiger partial charge is 0.275 e. The second-order valence-corrected chi connectivity index (χ2v) is 8.08. The van der Waals surface area contributed by atoms with Gasteiger partial charge in [-0.05, 0) is 54.2 Å². The summed E-state index contributed by atoms with van der Waals surface area (Å²) in [5.74, 6) is 0.929. The van der Waals surface area contributed by atoms with Crippen LogP contribution in [0.3, 0.4) is 0 Å². The van der Waals surface area contributed by atoms with E-state index in [0.29, 0.717) is 17.6 Å². The number of aromatic nitrogens is 2. The molecule has 2 atom stereocenters. The van der Waals surface area contributed by atoms with Crippen LogP contribution in [0.25, 0.3) is 16.7 Å². The number of ether oxygens (including phenoxy) is 1. The number of nitriles is 1. The predicted molar refractivity (Wildman–Crippen MR) is 126 cm³/mol. The fraction of sp³-hybridized carbons (Fsp3) is 0.222. The zero-order valence-electron chi connectivity index (χ0n) is 18.4. The Morgan fingerprint density at radius 3 is 2.53 bits per heavy atom. The Labute approximate surface area is 187 Å². The van der Waals surface area contributed by atoms with Gasteiger partial charge in [0.25, 0.3) is 5.56 Å². The summed E-state index contributed by atoms with van der Waals surface area (Å²) >= 11 is 0. The molecule has 0 amide bonds. The Kier molecular flexibility index (Phi) is 6.04. The van der Waals surface area contributed by atoms with E-state index in [1.165, 1.54) is 4.68 Å². The number of methoxy groups -OCH3 is 1. The van der Waals surface area contributed by atoms with Crippen LogP contribution in [-0.4, -0.2) is 16.9 Å². The molecule has 0 saturated heterocycles. The second-order valence-electron chi connectivity index (χ2n) is 8.08. The van der Waals surface area contributed by atoms with E-state index in [-0.39, 0.29) is 17.5 Å². The van der Waals surface area contributed by atoms with E-state index in [1.807, 2.05) is 67.6 Å². The number of hydrogen-bond acceptors (Lipinski definition) is 4. The first kappa shape index (κ1) is 21.3. The van der Waals surface area contributed by atoms with Crippen molar-refractivity contribution >= 4 is 5.57 Å². The summed E-state index contributed by atoms with van der Waals surface area (Å²) in [6.45, 7) is 4.04. The van der Waals surface area contributed by atoms with Crippen LogP contribution < -0.4 is 10.3 Å². The fourth-order valence-corrected chi connectivity index (χ4v) is 4.12. The highest BCUT2D eigenvalue weighted by atomic mass is 16.5. The van der Waals surface area contributed by atoms with E-state index in [9.17, 15) is 10.1 Å². The summed E-state index contributed by atoms with van der Waals surface area (Å²) in [4.78, 5) is 13.8. The van der Waals surface area contributed by atoms with Crippen molar-refractivity contribution in [3.8, 4) is 22.9 Å². The molecule has 4 rings (SSSR count). The van der Waals surface area contributed by atoms with E-state index < -0.39 is 0 Å². The predicted octanol–water partition coefficient (Wildman–Crippen LogP) is 5.40. The highest BCUT2D eigenvalue weighted by Crippen LogP contribution is 2.33. The minimum atomic E-state index is -0.223. The Hall–Kier alpha value is -3.91. The summed E-state index contributed by atoms with van der Waals surface area (Å²) in [7, 11) is 1.61. The van der Waals surface area contributed by atoms with E-state index in [0.717, 1.165) is 28.0 Å². The molecule has 1 aliphatic carbocycles. The van der Waals surface area contributed by atoms with E-state index in [2.05, 4.69) is 24.2 Å². The summed E-state index contributed by atoms with van der Waals surface area (Å²) in [6.07, 6.45) is 6.42. The number of nitrogens with zero attached hydrogens (tertiary/aromatic N) is 3. The van der Waals surface area contributed by atoms with Crippen molar-refractivity contribution in [2.45, 2.75) is 26.3 Å². The first-order chi connectivity index (χ1) is 15.5. The lowest BCUT2D eigenvalue weighted by Gasteiger charge is -2.20. The average Bonchev–Trinajstić information content (AvgIpc) is 2.83. The molecule has 0 bridgehead atoms. The lowest BCUT2D eigenvalue weighted by atomic mass is 9.87. The Morgan fingerprint density at radius 2 is 1.88 bits per heavy atom. The van der Waals surface area contributed by atoms with Gasteiger partial charge in [-0.1, -0.05) is 55.5 Å². The van der Waals surface area contributed by atoms with Crippen LogP contribution in [-0.2, 0) is 0 Å². The van der Waals surface area contributed by atoms with Crippen LogP contribution in [0.5, 0.6) is 5.75 Å². The van der Waals surface area contributed by atoms with Gasteiger partial charge < -0.3 is 4.74 Å². The molecule has 2 aromatic carbocycles. The molecule has 0 spiro atoms. The molecule has 0 N–H and O–H groups in total. The fourth-order valence-electron chi connectivity index (χ4n) is 4.12. The van der Waals surface area contributed by atoms with Gasteiger partial charge in [0.2, 0.25) is 0 Å². The third kappa shape index (κ3) is 4.13. The molecular weight excluding hydrogens is 398 g/mol. The molecule has 0 fully saturated rings. The summed E-state index contributed by atoms with van der Waals surface area (Å²) in [5.41, 5.74) is 4.49. The SMILES string of the molecule is COc1ccc(-c2c(C3=CC(C)CC(C#N)=C3)cnn(C(C)c3ccccc3)c2=O)cc1. The molecule has 2 unspecified atom stereocenters. The molecule has 1 heterocycles. The molecule has 0 saturated carbocycles. The summed E-state index contributed by atoms with van der Waals surface area (Å²) in [6, 6.07) is 19.4. The first-order valence-electron chi connectivity index (χ1n) is 10.7. The third-order valence-electron chi connectivity index (χ3n) is 5.82. The van der Waals surface area contributed by atoms with E-state index in [4.69, 9.17) is 4.74 Å². The van der Waals surface area contributed by atoms with Crippen molar-refractivity contribution in [2.75, 3.05) is 7.11 Å². The second kappa shape index (κ2) is 9.07. The van der Waals surface area contributed by atoms with Crippen LogP contribution in [0.1, 0.15) is 37.4 Å². The minimum Gasteiger partial charge on any atom is -0.497 e. The minimum absolute atomic E-state index is 0.171. The number of allylic oxidation sites excluding steroid dienone is 4. The Morgan fingerprint density at radius 1 is 1.16 bits per heavy atom. The van der Waals surface area contributed by atoms with Gasteiger partial charge in [-0.2, -0.15) is 10.4 Å². The maximum atomic E-state index is 13.8. The summed E-state index contributed by atoms with van der Waals surface area (Å²) in [5, 5.41) is 14.0. The number of benzene rings is 2. The number of rotatable bonds is 5. The van der Waals surface area contributed by atoms with Gasteiger partial charge in [0.15, 0.2) is 0 Å². The van der Waals surface area contributed by atoms with Gasteiger partial charge >= 0.3 is 0 Å². The molecule has 5 nitrogen and oxygen atoms in total. The largest absolute Gasteiger partial charge is 0.497 e. The van der Waals surface area contributed by atoms with Crippen LogP contribution in [0.2, 0.25) is 0 Å². The van der Waals surface area contributed by atoms with Crippen LogP contribution in [0.4, 0.5) is 0 Å². The molecule has 3 aromatic rings. The Bertz CT molecular complexity index is 1280. The lowest BCUT2D eigenvalue weighted by molar-refractivity contribution is 0.415. The highest BCUT2D eigenvalue weighted by molar-refractivity contribution is 5.86. The molecular formula is C27H25N3O2. The van der Waals surface area contributed by atoms with Gasteiger partial charge in [-0.15, -0.1) is 0 Å². The van der Waals surface area contributed by atoms with Crippen molar-refractivity contribution in [3.63, 3.8) is 0 Å². The monoisotopic (exact) mass is 423 g/mol. The van der Waals surface area contributed by atoms with E-state index >= 15 is 0 Å². The van der Waals surface area contributed by atoms with E-state index in [1.54, 1.807) is 13.3 Å². The van der Waals surface area contributed by atoms with Gasteiger partial charge in [0.05, 0.1) is 31.0 Å². The van der Waals surface area contributed by atoms with Gasteiger partial charge in [0, 0.05) is 11.1 Å². The van der Waals surface area contributed by atoms with Crippen LogP contribution >= 0.6 is 0 Å². The quantitative estimate of drug-likeness (QED) is 0.551. The first-order valence-corrected chi connectivity index (χ1v) is 10.7. The standard InChI is InChI=1S/C27H25N3O2/c1-18-13-20(16-28)15-23(14-18)25-17-29-30(19(2)21-7-5-4-6-8-21)27(31)26(25)22-9-11-24(32-3)12-10-22/h4-12,14-15,17-19H,13H2,1-3H3. The van der Waals surface area contributed by atoms with Crippen LogP contribution in [0.15, 0.2) is 83.3 Å². The number of hydrogen-bond donors (Lipinski definition) is 0. The van der Waals surface area contributed by atoms with Crippen molar-refractivity contribution in [3.05, 3.63) is 100.0 Å². The molecule has 32 heavy (non-hydrogen) atoms. The van der Waals surface area contributed by atoms with Crippen molar-refractivity contribution in [1.29, 1.82) is 5.26 Å². The molecule has 5 heteroatoms. The normalized spacial score (nSPS) is 16.5. The average molecular weight is 424 g/mol. The molecule has 1 aliphatic rings.